The fraction of sp³-hybridized carbons (Fsp3) is 0.227. The summed E-state index contributed by atoms with van der Waals surface area (Å²) in [7, 11) is 0. The summed E-state index contributed by atoms with van der Waals surface area (Å²) in [5.41, 5.74) is 2.98. The van der Waals surface area contributed by atoms with Gasteiger partial charge < -0.3 is 14.8 Å². The molecule has 0 aliphatic heterocycles. The van der Waals surface area contributed by atoms with Crippen LogP contribution in [0, 0.1) is 0 Å². The summed E-state index contributed by atoms with van der Waals surface area (Å²) in [6, 6.07) is 17.2. The van der Waals surface area contributed by atoms with Gasteiger partial charge in [0.25, 0.3) is 0 Å². The van der Waals surface area contributed by atoms with Crippen molar-refractivity contribution < 1.29 is 9.47 Å². The predicted octanol–water partition coefficient (Wildman–Crippen LogP) is 6.08. The number of hydrogen-bond acceptors (Lipinski definition) is 4. The number of hydrogen-bond donors (Lipinski definition) is 1. The summed E-state index contributed by atoms with van der Waals surface area (Å²) in [6.45, 7) is 4.26. The second-order valence-electron chi connectivity index (χ2n) is 6.16. The molecule has 0 aliphatic carbocycles. The Kier molecular flexibility index (Phi) is 9.55. The largest absolute Gasteiger partial charge is 0.490 e. The smallest absolute Gasteiger partial charge is 0.161 e. The van der Waals surface area contributed by atoms with Gasteiger partial charge in [0, 0.05) is 34.9 Å². The Morgan fingerprint density at radius 3 is 2.52 bits per heavy atom. The predicted molar refractivity (Wildman–Crippen MR) is 120 cm³/mol. The average Bonchev–Trinajstić information content (AvgIpc) is 2.69. The van der Waals surface area contributed by atoms with Crippen molar-refractivity contribution in [3.8, 4) is 11.5 Å². The highest BCUT2D eigenvalue weighted by Gasteiger charge is 2.09. The van der Waals surface area contributed by atoms with Crippen LogP contribution in [-0.2, 0) is 19.7 Å². The number of aromatic nitrogens is 1. The van der Waals surface area contributed by atoms with E-state index in [-0.39, 0.29) is 12.4 Å². The van der Waals surface area contributed by atoms with E-state index < -0.39 is 0 Å². The zero-order valence-corrected chi connectivity index (χ0v) is 18.4. The molecular weight excluding hydrogens is 431 g/mol. The Hall–Kier alpha value is -1.98. The minimum absolute atomic E-state index is 0. The molecule has 0 atom stereocenters. The quantitative estimate of drug-likeness (QED) is 0.426. The summed E-state index contributed by atoms with van der Waals surface area (Å²) in [6.07, 6.45) is 1.79. The third-order valence-electron chi connectivity index (χ3n) is 4.07. The molecule has 3 rings (SSSR count). The molecule has 2 aromatic carbocycles. The van der Waals surface area contributed by atoms with Gasteiger partial charge in [-0.2, -0.15) is 0 Å². The van der Waals surface area contributed by atoms with E-state index >= 15 is 0 Å². The molecule has 3 aromatic rings. The average molecular weight is 454 g/mol. The maximum Gasteiger partial charge on any atom is 0.161 e. The maximum absolute atomic E-state index is 6.22. The summed E-state index contributed by atoms with van der Waals surface area (Å²) < 4.78 is 11.7. The van der Waals surface area contributed by atoms with Gasteiger partial charge in [0.15, 0.2) is 11.5 Å². The number of pyridine rings is 1. The molecule has 0 unspecified atom stereocenters. The highest BCUT2D eigenvalue weighted by atomic mass is 35.5. The lowest BCUT2D eigenvalue weighted by Gasteiger charge is -2.14. The normalized spacial score (nSPS) is 10.3. The van der Waals surface area contributed by atoms with E-state index in [1.54, 1.807) is 18.3 Å². The number of rotatable bonds is 9. The van der Waals surface area contributed by atoms with E-state index in [1.165, 1.54) is 0 Å². The zero-order chi connectivity index (χ0) is 19.8. The van der Waals surface area contributed by atoms with Gasteiger partial charge in [-0.3, -0.25) is 4.98 Å². The van der Waals surface area contributed by atoms with Crippen molar-refractivity contribution in [2.75, 3.05) is 6.61 Å². The zero-order valence-electron chi connectivity index (χ0n) is 16.0. The molecule has 7 heteroatoms. The minimum Gasteiger partial charge on any atom is -0.490 e. The van der Waals surface area contributed by atoms with Crippen molar-refractivity contribution in [2.24, 2.45) is 0 Å². The lowest BCUT2D eigenvalue weighted by Crippen LogP contribution is -2.13. The van der Waals surface area contributed by atoms with Gasteiger partial charge in [-0.25, -0.2) is 0 Å². The van der Waals surface area contributed by atoms with Crippen molar-refractivity contribution in [3.63, 3.8) is 0 Å². The molecule has 0 saturated carbocycles. The molecule has 0 fully saturated rings. The third kappa shape index (κ3) is 7.09. The molecular formula is C22H23Cl3N2O2. The van der Waals surface area contributed by atoms with Crippen LogP contribution in [0.25, 0.3) is 0 Å². The first kappa shape index (κ1) is 23.3. The first-order chi connectivity index (χ1) is 13.7. The van der Waals surface area contributed by atoms with Crippen LogP contribution in [0.5, 0.6) is 11.5 Å². The van der Waals surface area contributed by atoms with Crippen LogP contribution in [0.3, 0.4) is 0 Å². The number of nitrogens with zero attached hydrogens (tertiary/aromatic N) is 1. The van der Waals surface area contributed by atoms with E-state index in [0.29, 0.717) is 47.8 Å². The highest BCUT2D eigenvalue weighted by molar-refractivity contribution is 6.35. The molecule has 1 heterocycles. The van der Waals surface area contributed by atoms with Gasteiger partial charge in [0.2, 0.25) is 0 Å². The van der Waals surface area contributed by atoms with E-state index in [1.807, 2.05) is 49.4 Å². The van der Waals surface area contributed by atoms with Crippen LogP contribution in [0.1, 0.15) is 23.7 Å². The van der Waals surface area contributed by atoms with Crippen molar-refractivity contribution >= 4 is 35.6 Å². The van der Waals surface area contributed by atoms with Crippen LogP contribution in [0.15, 0.2) is 60.8 Å². The molecule has 154 valence electrons. The Bertz CT molecular complexity index is 908. The lowest BCUT2D eigenvalue weighted by molar-refractivity contribution is 0.269. The second kappa shape index (κ2) is 11.9. The van der Waals surface area contributed by atoms with Gasteiger partial charge in [-0.1, -0.05) is 41.4 Å². The molecule has 0 spiro atoms. The van der Waals surface area contributed by atoms with Gasteiger partial charge in [-0.05, 0) is 48.9 Å². The van der Waals surface area contributed by atoms with Crippen molar-refractivity contribution in [1.29, 1.82) is 0 Å². The van der Waals surface area contributed by atoms with Crippen molar-refractivity contribution in [3.05, 3.63) is 87.7 Å². The van der Waals surface area contributed by atoms with E-state index in [0.717, 1.165) is 16.8 Å². The first-order valence-electron chi connectivity index (χ1n) is 9.08. The van der Waals surface area contributed by atoms with Crippen LogP contribution in [0.2, 0.25) is 10.0 Å². The Labute approximate surface area is 187 Å². The fourth-order valence-electron chi connectivity index (χ4n) is 2.68. The lowest BCUT2D eigenvalue weighted by atomic mass is 10.2. The van der Waals surface area contributed by atoms with Crippen molar-refractivity contribution in [2.45, 2.75) is 26.6 Å². The summed E-state index contributed by atoms with van der Waals surface area (Å²) in [4.78, 5) is 4.31. The maximum atomic E-state index is 6.22. The van der Waals surface area contributed by atoms with Gasteiger partial charge in [0.1, 0.15) is 6.61 Å². The number of halogens is 3. The number of ether oxygens (including phenoxy) is 2. The fourth-order valence-corrected chi connectivity index (χ4v) is 3.14. The molecule has 0 aliphatic rings. The number of nitrogens with one attached hydrogen (secondary N) is 1. The van der Waals surface area contributed by atoms with Crippen LogP contribution in [0.4, 0.5) is 0 Å². The monoisotopic (exact) mass is 452 g/mol. The summed E-state index contributed by atoms with van der Waals surface area (Å²) >= 11 is 12.2. The van der Waals surface area contributed by atoms with E-state index in [2.05, 4.69) is 10.3 Å². The minimum atomic E-state index is 0. The van der Waals surface area contributed by atoms with Gasteiger partial charge >= 0.3 is 0 Å². The van der Waals surface area contributed by atoms with Crippen LogP contribution in [-0.4, -0.2) is 11.6 Å². The first-order valence-corrected chi connectivity index (χ1v) is 9.84. The highest BCUT2D eigenvalue weighted by Crippen LogP contribution is 2.30. The standard InChI is InChI=1S/C22H22Cl2N2O2.ClH/c1-2-27-22-11-16(13-25-14-19-5-3-4-10-26-19)6-9-21(22)28-15-17-7-8-18(23)12-20(17)24;/h3-12,25H,2,13-15H2,1H3;1H. The molecule has 1 N–H and O–H groups in total. The number of benzene rings is 2. The van der Waals surface area contributed by atoms with Crippen LogP contribution >= 0.6 is 35.6 Å². The van der Waals surface area contributed by atoms with E-state index in [9.17, 15) is 0 Å². The van der Waals surface area contributed by atoms with Gasteiger partial charge in [-0.15, -0.1) is 12.4 Å². The summed E-state index contributed by atoms with van der Waals surface area (Å²) in [5.74, 6) is 1.39. The molecule has 0 saturated heterocycles. The topological polar surface area (TPSA) is 43.4 Å². The SMILES string of the molecule is CCOc1cc(CNCc2ccccn2)ccc1OCc1ccc(Cl)cc1Cl.Cl. The molecule has 4 nitrogen and oxygen atoms in total. The van der Waals surface area contributed by atoms with Crippen LogP contribution < -0.4 is 14.8 Å². The Morgan fingerprint density at radius 1 is 0.931 bits per heavy atom. The summed E-state index contributed by atoms with van der Waals surface area (Å²) in [5, 5.41) is 4.58. The molecule has 29 heavy (non-hydrogen) atoms. The molecule has 0 bridgehead atoms. The third-order valence-corrected chi connectivity index (χ3v) is 4.65. The molecule has 0 radical (unpaired) electrons. The molecule has 0 amide bonds. The second-order valence-corrected chi connectivity index (χ2v) is 7.01. The molecule has 1 aromatic heterocycles. The van der Waals surface area contributed by atoms with Crippen molar-refractivity contribution in [1.82, 2.24) is 10.3 Å². The Morgan fingerprint density at radius 2 is 1.79 bits per heavy atom. The van der Waals surface area contributed by atoms with E-state index in [4.69, 9.17) is 32.7 Å². The van der Waals surface area contributed by atoms with Gasteiger partial charge in [0.05, 0.1) is 12.3 Å². The Balaban J connectivity index is 0.00000300.